The summed E-state index contributed by atoms with van der Waals surface area (Å²) in [6.07, 6.45) is 8.67. The van der Waals surface area contributed by atoms with Gasteiger partial charge in [0, 0.05) is 51.2 Å². The van der Waals surface area contributed by atoms with E-state index in [-0.39, 0.29) is 0 Å². The Balaban J connectivity index is 1.71. The third-order valence-corrected chi connectivity index (χ3v) is 5.61. The molecule has 0 aromatic carbocycles. The van der Waals surface area contributed by atoms with E-state index in [0.29, 0.717) is 0 Å². The van der Waals surface area contributed by atoms with Crippen LogP contribution in [0.25, 0.3) is 22.3 Å². The van der Waals surface area contributed by atoms with Crippen LogP contribution in [0.15, 0.2) is 30.6 Å². The van der Waals surface area contributed by atoms with Crippen LogP contribution in [0.4, 0.5) is 11.8 Å². The van der Waals surface area contributed by atoms with Crippen molar-refractivity contribution in [2.24, 2.45) is 7.05 Å². The zero-order valence-corrected chi connectivity index (χ0v) is 15.2. The molecule has 6 heteroatoms. The maximum atomic E-state index is 5.02. The zero-order valence-electron chi connectivity index (χ0n) is 15.2. The molecule has 134 valence electrons. The molecule has 0 atom stereocenters. The summed E-state index contributed by atoms with van der Waals surface area (Å²) in [4.78, 5) is 19.0. The smallest absolute Gasteiger partial charge is 0.229 e. The molecule has 0 radical (unpaired) electrons. The highest BCUT2D eigenvalue weighted by Gasteiger charge is 2.24. The Labute approximate surface area is 153 Å². The predicted molar refractivity (Wildman–Crippen MR) is 105 cm³/mol. The van der Waals surface area contributed by atoms with Crippen LogP contribution in [0, 0.1) is 0 Å². The van der Waals surface area contributed by atoms with Crippen molar-refractivity contribution in [2.45, 2.75) is 25.7 Å². The summed E-state index contributed by atoms with van der Waals surface area (Å²) in [6.45, 7) is 4.29. The maximum Gasteiger partial charge on any atom is 0.229 e. The average Bonchev–Trinajstić information content (AvgIpc) is 3.44. The fourth-order valence-corrected chi connectivity index (χ4v) is 4.19. The van der Waals surface area contributed by atoms with Crippen molar-refractivity contribution < 1.29 is 0 Å². The molecular weight excluding hydrogens is 324 g/mol. The minimum absolute atomic E-state index is 0.885. The first-order chi connectivity index (χ1) is 12.8. The number of nitrogens with zero attached hydrogens (tertiary/aromatic N) is 6. The second kappa shape index (κ2) is 6.27. The summed E-state index contributed by atoms with van der Waals surface area (Å²) in [6, 6.07) is 6.31. The normalized spacial score (nSPS) is 17.6. The topological polar surface area (TPSA) is 50.1 Å². The van der Waals surface area contributed by atoms with Crippen LogP contribution in [-0.4, -0.2) is 45.7 Å². The van der Waals surface area contributed by atoms with E-state index in [0.717, 1.165) is 60.2 Å². The molecule has 0 saturated carbocycles. The number of aromatic nitrogens is 4. The monoisotopic (exact) mass is 348 g/mol. The van der Waals surface area contributed by atoms with E-state index in [1.165, 1.54) is 25.7 Å². The molecule has 3 aromatic heterocycles. The van der Waals surface area contributed by atoms with Gasteiger partial charge in [-0.25, -0.2) is 0 Å². The molecule has 0 amide bonds. The van der Waals surface area contributed by atoms with E-state index in [1.807, 2.05) is 18.5 Å². The molecule has 0 N–H and O–H groups in total. The van der Waals surface area contributed by atoms with Gasteiger partial charge in [0.05, 0.1) is 11.1 Å². The van der Waals surface area contributed by atoms with Crippen molar-refractivity contribution in [3.8, 4) is 11.3 Å². The minimum atomic E-state index is 0.885. The Morgan fingerprint density at radius 3 is 2.35 bits per heavy atom. The van der Waals surface area contributed by atoms with Crippen LogP contribution in [0.2, 0.25) is 0 Å². The Morgan fingerprint density at radius 2 is 1.65 bits per heavy atom. The summed E-state index contributed by atoms with van der Waals surface area (Å²) in [5.74, 6) is 1.98. The van der Waals surface area contributed by atoms with E-state index in [2.05, 4.69) is 38.5 Å². The highest BCUT2D eigenvalue weighted by molar-refractivity contribution is 5.93. The molecule has 6 nitrogen and oxygen atoms in total. The zero-order chi connectivity index (χ0) is 17.5. The van der Waals surface area contributed by atoms with Crippen molar-refractivity contribution in [3.63, 3.8) is 0 Å². The van der Waals surface area contributed by atoms with E-state index in [1.54, 1.807) is 0 Å². The van der Waals surface area contributed by atoms with Crippen LogP contribution in [0.5, 0.6) is 0 Å². The molecule has 0 aliphatic carbocycles. The third kappa shape index (κ3) is 2.52. The van der Waals surface area contributed by atoms with Crippen molar-refractivity contribution in [2.75, 3.05) is 36.0 Å². The lowest BCUT2D eigenvalue weighted by Gasteiger charge is -2.21. The lowest BCUT2D eigenvalue weighted by molar-refractivity contribution is 0.870. The number of pyridine rings is 1. The second-order valence-electron chi connectivity index (χ2n) is 7.30. The number of fused-ring (bicyclic) bond motifs is 1. The first-order valence-corrected chi connectivity index (χ1v) is 9.59. The van der Waals surface area contributed by atoms with Gasteiger partial charge in [-0.1, -0.05) is 0 Å². The van der Waals surface area contributed by atoms with Gasteiger partial charge in [-0.3, -0.25) is 4.98 Å². The number of hydrogen-bond acceptors (Lipinski definition) is 5. The molecule has 0 bridgehead atoms. The van der Waals surface area contributed by atoms with Gasteiger partial charge in [0.1, 0.15) is 11.5 Å². The molecule has 3 aromatic rings. The van der Waals surface area contributed by atoms with Gasteiger partial charge in [-0.2, -0.15) is 9.97 Å². The van der Waals surface area contributed by atoms with Gasteiger partial charge >= 0.3 is 0 Å². The van der Waals surface area contributed by atoms with Gasteiger partial charge < -0.3 is 14.4 Å². The van der Waals surface area contributed by atoms with E-state index < -0.39 is 0 Å². The lowest BCUT2D eigenvalue weighted by Crippen LogP contribution is -2.24. The van der Waals surface area contributed by atoms with Crippen LogP contribution in [-0.2, 0) is 7.05 Å². The maximum absolute atomic E-state index is 5.02. The summed E-state index contributed by atoms with van der Waals surface area (Å²) >= 11 is 0. The van der Waals surface area contributed by atoms with Gasteiger partial charge in [0.25, 0.3) is 0 Å². The largest absolute Gasteiger partial charge is 0.356 e. The Kier molecular flexibility index (Phi) is 3.76. The summed E-state index contributed by atoms with van der Waals surface area (Å²) < 4.78 is 2.19. The molecule has 2 fully saturated rings. The highest BCUT2D eigenvalue weighted by Crippen LogP contribution is 2.34. The molecule has 2 aliphatic heterocycles. The van der Waals surface area contributed by atoms with Gasteiger partial charge in [0.15, 0.2) is 0 Å². The van der Waals surface area contributed by atoms with Gasteiger partial charge in [-0.05, 0) is 43.9 Å². The quantitative estimate of drug-likeness (QED) is 0.727. The molecule has 2 saturated heterocycles. The molecule has 5 rings (SSSR count). The van der Waals surface area contributed by atoms with E-state index in [4.69, 9.17) is 9.97 Å². The summed E-state index contributed by atoms with van der Waals surface area (Å²) in [5.41, 5.74) is 3.27. The number of aryl methyl sites for hydroxylation is 1. The van der Waals surface area contributed by atoms with Crippen molar-refractivity contribution in [1.82, 2.24) is 19.5 Å². The summed E-state index contributed by atoms with van der Waals surface area (Å²) in [7, 11) is 2.10. The fraction of sp³-hybridized carbons (Fsp3) is 0.450. The first-order valence-electron chi connectivity index (χ1n) is 9.59. The lowest BCUT2D eigenvalue weighted by atomic mass is 10.2. The van der Waals surface area contributed by atoms with Crippen LogP contribution in [0.3, 0.4) is 0 Å². The van der Waals surface area contributed by atoms with Crippen LogP contribution in [0.1, 0.15) is 25.7 Å². The molecule has 5 heterocycles. The average molecular weight is 348 g/mol. The number of hydrogen-bond donors (Lipinski definition) is 0. The SMILES string of the molecule is Cn1c(-c2cccnc2)cc2c(N3CCCC3)nc(N3CCCC3)nc21. The molecular formula is C20H24N6. The third-order valence-electron chi connectivity index (χ3n) is 5.61. The van der Waals surface area contributed by atoms with Gasteiger partial charge in [-0.15, -0.1) is 0 Å². The summed E-state index contributed by atoms with van der Waals surface area (Å²) in [5, 5.41) is 1.15. The Morgan fingerprint density at radius 1 is 0.923 bits per heavy atom. The Bertz CT molecular complexity index is 920. The Hall–Kier alpha value is -2.63. The first kappa shape index (κ1) is 15.6. The molecule has 0 spiro atoms. The van der Waals surface area contributed by atoms with Gasteiger partial charge in [0.2, 0.25) is 5.95 Å². The predicted octanol–water partition coefficient (Wildman–Crippen LogP) is 3.23. The van der Waals surface area contributed by atoms with E-state index >= 15 is 0 Å². The van der Waals surface area contributed by atoms with Crippen LogP contribution < -0.4 is 9.80 Å². The highest BCUT2D eigenvalue weighted by atomic mass is 15.3. The molecule has 0 unspecified atom stereocenters. The number of anilines is 2. The van der Waals surface area contributed by atoms with Crippen molar-refractivity contribution in [1.29, 1.82) is 0 Å². The van der Waals surface area contributed by atoms with E-state index in [9.17, 15) is 0 Å². The van der Waals surface area contributed by atoms with Crippen molar-refractivity contribution >= 4 is 22.8 Å². The van der Waals surface area contributed by atoms with Crippen LogP contribution >= 0.6 is 0 Å². The number of rotatable bonds is 3. The molecule has 26 heavy (non-hydrogen) atoms. The second-order valence-corrected chi connectivity index (χ2v) is 7.30. The van der Waals surface area contributed by atoms with Crippen molar-refractivity contribution in [3.05, 3.63) is 30.6 Å². The fourth-order valence-electron chi connectivity index (χ4n) is 4.19. The minimum Gasteiger partial charge on any atom is -0.356 e. The molecule has 2 aliphatic rings. The standard InChI is InChI=1S/C20H24N6/c1-24-17(15-7-6-8-21-14-15)13-16-18(24)22-20(26-11-4-5-12-26)23-19(16)25-9-2-3-10-25/h6-8,13-14H,2-5,9-12H2,1H3.